The highest BCUT2D eigenvalue weighted by Gasteiger charge is 2.29. The van der Waals surface area contributed by atoms with Gasteiger partial charge in [-0.2, -0.15) is 0 Å². The normalized spacial score (nSPS) is 14.6. The van der Waals surface area contributed by atoms with Crippen LogP contribution >= 0.6 is 0 Å². The fourth-order valence-corrected chi connectivity index (χ4v) is 3.26. The lowest BCUT2D eigenvalue weighted by Gasteiger charge is -2.31. The lowest BCUT2D eigenvalue weighted by atomic mass is 9.95. The summed E-state index contributed by atoms with van der Waals surface area (Å²) < 4.78 is 32.4. The third kappa shape index (κ3) is 4.47. The number of hydrogen-bond donors (Lipinski definition) is 1. The molecule has 0 bridgehead atoms. The van der Waals surface area contributed by atoms with Gasteiger partial charge in [0.1, 0.15) is 17.4 Å². The zero-order valence-corrected chi connectivity index (χ0v) is 15.6. The molecule has 1 N–H and O–H groups in total. The van der Waals surface area contributed by atoms with E-state index >= 15 is 0 Å². The van der Waals surface area contributed by atoms with Crippen molar-refractivity contribution >= 4 is 17.5 Å². The summed E-state index contributed by atoms with van der Waals surface area (Å²) in [7, 11) is 0. The topological polar surface area (TPSA) is 58.6 Å². The minimum Gasteiger partial charge on any atom is -0.492 e. The van der Waals surface area contributed by atoms with Crippen LogP contribution in [0.15, 0.2) is 42.5 Å². The van der Waals surface area contributed by atoms with Crippen molar-refractivity contribution in [1.82, 2.24) is 4.90 Å². The number of piperidine rings is 1. The standard InChI is InChI=1S/C21H22F2N2O3/c1-2-28-19-6-4-3-5-18(19)24-20(26)14-9-11-25(12-10-14)21(27)16-8-7-15(22)13-17(16)23/h3-8,13-14H,2,9-12H2,1H3,(H,24,26). The highest BCUT2D eigenvalue weighted by molar-refractivity contribution is 5.96. The molecule has 7 heteroatoms. The number of rotatable bonds is 5. The van der Waals surface area contributed by atoms with Crippen molar-refractivity contribution in [2.75, 3.05) is 25.0 Å². The molecule has 1 saturated heterocycles. The molecule has 2 aromatic carbocycles. The zero-order valence-electron chi connectivity index (χ0n) is 15.6. The maximum Gasteiger partial charge on any atom is 0.256 e. The highest BCUT2D eigenvalue weighted by atomic mass is 19.1. The summed E-state index contributed by atoms with van der Waals surface area (Å²) in [5.74, 6) is -1.87. The number of likely N-dealkylation sites (tertiary alicyclic amines) is 1. The van der Waals surface area contributed by atoms with E-state index in [-0.39, 0.29) is 17.4 Å². The highest BCUT2D eigenvalue weighted by Crippen LogP contribution is 2.26. The van der Waals surface area contributed by atoms with Crippen LogP contribution in [0.3, 0.4) is 0 Å². The van der Waals surface area contributed by atoms with Crippen LogP contribution in [0.5, 0.6) is 5.75 Å². The second-order valence-corrected chi connectivity index (χ2v) is 6.61. The lowest BCUT2D eigenvalue weighted by Crippen LogP contribution is -2.41. The van der Waals surface area contributed by atoms with E-state index in [0.29, 0.717) is 50.0 Å². The Morgan fingerprint density at radius 3 is 2.54 bits per heavy atom. The number of halogens is 2. The predicted molar refractivity (Wildman–Crippen MR) is 101 cm³/mol. The van der Waals surface area contributed by atoms with Crippen LogP contribution in [-0.2, 0) is 4.79 Å². The van der Waals surface area contributed by atoms with Crippen LogP contribution < -0.4 is 10.1 Å². The van der Waals surface area contributed by atoms with Gasteiger partial charge in [0.15, 0.2) is 0 Å². The molecular formula is C21H22F2N2O3. The molecule has 0 spiro atoms. The molecule has 2 amide bonds. The summed E-state index contributed by atoms with van der Waals surface area (Å²) >= 11 is 0. The van der Waals surface area contributed by atoms with Gasteiger partial charge in [0.2, 0.25) is 5.91 Å². The van der Waals surface area contributed by atoms with Gasteiger partial charge in [-0.1, -0.05) is 12.1 Å². The van der Waals surface area contributed by atoms with Crippen molar-refractivity contribution < 1.29 is 23.1 Å². The van der Waals surface area contributed by atoms with Crippen molar-refractivity contribution in [3.05, 3.63) is 59.7 Å². The Morgan fingerprint density at radius 1 is 1.14 bits per heavy atom. The minimum atomic E-state index is -0.877. The lowest BCUT2D eigenvalue weighted by molar-refractivity contribution is -0.121. The van der Waals surface area contributed by atoms with E-state index in [1.54, 1.807) is 12.1 Å². The van der Waals surface area contributed by atoms with Crippen molar-refractivity contribution in [3.8, 4) is 5.75 Å². The molecule has 0 saturated carbocycles. The average molecular weight is 388 g/mol. The van der Waals surface area contributed by atoms with E-state index in [0.717, 1.165) is 12.1 Å². The Kier molecular flexibility index (Phi) is 6.23. The molecule has 28 heavy (non-hydrogen) atoms. The molecule has 0 atom stereocenters. The molecule has 0 radical (unpaired) electrons. The Hall–Kier alpha value is -2.96. The van der Waals surface area contributed by atoms with Gasteiger partial charge in [0.05, 0.1) is 17.9 Å². The first-order valence-corrected chi connectivity index (χ1v) is 9.26. The Morgan fingerprint density at radius 2 is 1.86 bits per heavy atom. The van der Waals surface area contributed by atoms with Crippen LogP contribution in [0.2, 0.25) is 0 Å². The van der Waals surface area contributed by atoms with E-state index < -0.39 is 17.5 Å². The number of nitrogens with one attached hydrogen (secondary N) is 1. The predicted octanol–water partition coefficient (Wildman–Crippen LogP) is 3.85. The van der Waals surface area contributed by atoms with Crippen LogP contribution in [0, 0.1) is 17.6 Å². The Balaban J connectivity index is 1.59. The maximum atomic E-state index is 13.8. The molecule has 1 heterocycles. The number of para-hydroxylation sites is 2. The summed E-state index contributed by atoms with van der Waals surface area (Å²) in [6.45, 7) is 3.03. The molecule has 1 fully saturated rings. The maximum absolute atomic E-state index is 13.8. The fourth-order valence-electron chi connectivity index (χ4n) is 3.26. The molecule has 0 aromatic heterocycles. The van der Waals surface area contributed by atoms with Gasteiger partial charge in [-0.15, -0.1) is 0 Å². The summed E-state index contributed by atoms with van der Waals surface area (Å²) in [6, 6.07) is 10.1. The molecule has 5 nitrogen and oxygen atoms in total. The quantitative estimate of drug-likeness (QED) is 0.846. The number of benzene rings is 2. The Bertz CT molecular complexity index is 864. The van der Waals surface area contributed by atoms with Gasteiger partial charge in [-0.25, -0.2) is 8.78 Å². The van der Waals surface area contributed by atoms with E-state index in [2.05, 4.69) is 5.32 Å². The van der Waals surface area contributed by atoms with Crippen molar-refractivity contribution in [1.29, 1.82) is 0 Å². The molecule has 3 rings (SSSR count). The van der Waals surface area contributed by atoms with Crippen molar-refractivity contribution in [3.63, 3.8) is 0 Å². The summed E-state index contributed by atoms with van der Waals surface area (Å²) in [5, 5.41) is 2.89. The monoisotopic (exact) mass is 388 g/mol. The number of anilines is 1. The van der Waals surface area contributed by atoms with Crippen LogP contribution in [0.4, 0.5) is 14.5 Å². The van der Waals surface area contributed by atoms with E-state index in [1.165, 1.54) is 4.90 Å². The molecule has 2 aromatic rings. The van der Waals surface area contributed by atoms with Gasteiger partial charge in [-0.3, -0.25) is 9.59 Å². The average Bonchev–Trinajstić information content (AvgIpc) is 2.69. The molecule has 148 valence electrons. The molecular weight excluding hydrogens is 366 g/mol. The molecule has 0 aliphatic carbocycles. The Labute approximate surface area is 162 Å². The first kappa shape index (κ1) is 19.8. The van der Waals surface area contributed by atoms with Gasteiger partial charge < -0.3 is 15.0 Å². The number of nitrogens with zero attached hydrogens (tertiary/aromatic N) is 1. The summed E-state index contributed by atoms with van der Waals surface area (Å²) in [6.07, 6.45) is 0.939. The van der Waals surface area contributed by atoms with Gasteiger partial charge in [0, 0.05) is 25.1 Å². The van der Waals surface area contributed by atoms with E-state index in [1.807, 2.05) is 19.1 Å². The van der Waals surface area contributed by atoms with Gasteiger partial charge >= 0.3 is 0 Å². The largest absolute Gasteiger partial charge is 0.492 e. The SMILES string of the molecule is CCOc1ccccc1NC(=O)C1CCN(C(=O)c2ccc(F)cc2F)CC1. The number of ether oxygens (including phenoxy) is 1. The van der Waals surface area contributed by atoms with Crippen LogP contribution in [0.1, 0.15) is 30.1 Å². The first-order chi connectivity index (χ1) is 13.5. The van der Waals surface area contributed by atoms with Crippen LogP contribution in [0.25, 0.3) is 0 Å². The van der Waals surface area contributed by atoms with Crippen molar-refractivity contribution in [2.24, 2.45) is 5.92 Å². The van der Waals surface area contributed by atoms with Gasteiger partial charge in [0.25, 0.3) is 5.91 Å². The van der Waals surface area contributed by atoms with E-state index in [9.17, 15) is 18.4 Å². The molecule has 1 aliphatic rings. The smallest absolute Gasteiger partial charge is 0.256 e. The summed E-state index contributed by atoms with van der Waals surface area (Å²) in [5.41, 5.74) is 0.455. The second kappa shape index (κ2) is 8.82. The third-order valence-electron chi connectivity index (χ3n) is 4.76. The molecule has 1 aliphatic heterocycles. The molecule has 0 unspecified atom stereocenters. The zero-order chi connectivity index (χ0) is 20.1. The van der Waals surface area contributed by atoms with E-state index in [4.69, 9.17) is 4.74 Å². The third-order valence-corrected chi connectivity index (χ3v) is 4.76. The first-order valence-electron chi connectivity index (χ1n) is 9.26. The summed E-state index contributed by atoms with van der Waals surface area (Å²) in [4.78, 5) is 26.5. The number of amides is 2. The number of hydrogen-bond acceptors (Lipinski definition) is 3. The van der Waals surface area contributed by atoms with Crippen LogP contribution in [-0.4, -0.2) is 36.4 Å². The van der Waals surface area contributed by atoms with Gasteiger partial charge in [-0.05, 0) is 44.0 Å². The van der Waals surface area contributed by atoms with Crippen molar-refractivity contribution in [2.45, 2.75) is 19.8 Å². The number of carbonyl (C=O) groups excluding carboxylic acids is 2. The minimum absolute atomic E-state index is 0.132. The second-order valence-electron chi connectivity index (χ2n) is 6.61. The number of carbonyl (C=O) groups is 2. The fraction of sp³-hybridized carbons (Fsp3) is 0.333.